The van der Waals surface area contributed by atoms with E-state index in [1.54, 1.807) is 0 Å². The number of esters is 1. The summed E-state index contributed by atoms with van der Waals surface area (Å²) in [6, 6.07) is 5.85. The van der Waals surface area contributed by atoms with Crippen LogP contribution in [0, 0.1) is 17.5 Å². The zero-order valence-electron chi connectivity index (χ0n) is 35.0. The predicted octanol–water partition coefficient (Wildman–Crippen LogP) is 5.23. The maximum Gasteiger partial charge on any atom is 0.328 e. The molecule has 3 rings (SSSR count). The molecule has 1 aliphatic carbocycles. The van der Waals surface area contributed by atoms with E-state index in [2.05, 4.69) is 22.9 Å². The molecule has 0 aromatic heterocycles. The van der Waals surface area contributed by atoms with E-state index in [9.17, 15) is 35.6 Å². The second-order valence-corrected chi connectivity index (χ2v) is 18.3. The van der Waals surface area contributed by atoms with Crippen molar-refractivity contribution in [1.29, 1.82) is 0 Å². The number of sulfone groups is 1. The number of carbonyl (C=O) groups is 3. The van der Waals surface area contributed by atoms with Crippen molar-refractivity contribution in [2.24, 2.45) is 5.14 Å². The van der Waals surface area contributed by atoms with Crippen molar-refractivity contribution in [3.63, 3.8) is 0 Å². The highest BCUT2D eigenvalue weighted by Crippen LogP contribution is 2.37. The molecule has 0 aliphatic heterocycles. The van der Waals surface area contributed by atoms with Gasteiger partial charge in [-0.05, 0) is 43.4 Å². The lowest BCUT2D eigenvalue weighted by atomic mass is 9.96. The molecule has 0 saturated heterocycles. The van der Waals surface area contributed by atoms with Gasteiger partial charge in [-0.1, -0.05) is 70.9 Å². The number of nitrogens with one attached hydrogen (secondary N) is 3. The van der Waals surface area contributed by atoms with Gasteiger partial charge in [0.1, 0.15) is 16.7 Å². The Morgan fingerprint density at radius 1 is 0.754 bits per heavy atom. The Morgan fingerprint density at radius 3 is 2.00 bits per heavy atom. The predicted molar refractivity (Wildman–Crippen MR) is 222 cm³/mol. The lowest BCUT2D eigenvalue weighted by Crippen LogP contribution is -2.43. The minimum absolute atomic E-state index is 0.00840. The third-order valence-electron chi connectivity index (χ3n) is 9.79. The zero-order chi connectivity index (χ0) is 44.8. The topological polar surface area (TPSA) is 219 Å². The molecule has 5 N–H and O–H groups in total. The van der Waals surface area contributed by atoms with Gasteiger partial charge in [0.05, 0.1) is 51.1 Å². The Labute approximate surface area is 357 Å². The van der Waals surface area contributed by atoms with Crippen molar-refractivity contribution in [2.75, 3.05) is 57.3 Å². The van der Waals surface area contributed by atoms with Crippen LogP contribution in [0.2, 0.25) is 0 Å². The fraction of sp³-hybridized carbons (Fsp3) is 0.634. The number of nitrogens with two attached hydrogens (primary N) is 1. The van der Waals surface area contributed by atoms with Crippen molar-refractivity contribution < 1.29 is 63.3 Å². The average molecular weight is 907 g/mol. The Bertz CT molecular complexity index is 1930. The molecule has 20 heteroatoms. The lowest BCUT2D eigenvalue weighted by Gasteiger charge is -2.25. The van der Waals surface area contributed by atoms with Crippen LogP contribution in [0.5, 0.6) is 5.75 Å². The molecule has 2 aromatic rings. The number of ether oxygens (including phenoxy) is 4. The minimum Gasteiger partial charge on any atom is -0.494 e. The first kappa shape index (κ1) is 51.4. The molecule has 61 heavy (non-hydrogen) atoms. The van der Waals surface area contributed by atoms with E-state index in [1.165, 1.54) is 0 Å². The van der Waals surface area contributed by atoms with Gasteiger partial charge in [-0.2, -0.15) is 0 Å². The van der Waals surface area contributed by atoms with Crippen molar-refractivity contribution >= 4 is 43.3 Å². The third kappa shape index (κ3) is 17.7. The van der Waals surface area contributed by atoms with Crippen LogP contribution >= 0.6 is 0 Å². The van der Waals surface area contributed by atoms with Gasteiger partial charge < -0.3 is 34.9 Å². The lowest BCUT2D eigenvalue weighted by molar-refractivity contribution is -0.148. The molecule has 1 atom stereocenters. The summed E-state index contributed by atoms with van der Waals surface area (Å²) in [7, 11) is -10.0. The molecule has 344 valence electrons. The fourth-order valence-electron chi connectivity index (χ4n) is 6.43. The molecule has 0 heterocycles. The Kier molecular flexibility index (Phi) is 22.3. The van der Waals surface area contributed by atoms with Crippen molar-refractivity contribution in [2.45, 2.75) is 126 Å². The molecular weight excluding hydrogens is 846 g/mol. The van der Waals surface area contributed by atoms with Gasteiger partial charge in [-0.25, -0.2) is 39.9 Å². The SMILES string of the molecule is CCCCOC(=O)[C@H](Cc1ccc(OCCCC)cc1)NC(=O)CCOCCOCCNC(=O)CCS(=O)(=O)c1c(F)c(F)c(S(N)(=O)=O)c(F)c1NC1CCCCCCC1. The molecule has 2 amide bonds. The molecule has 1 aliphatic rings. The number of benzene rings is 2. The molecular formula is C41H61F3N4O11S2. The number of carbonyl (C=O) groups excluding carboxylic acids is 3. The van der Waals surface area contributed by atoms with E-state index in [4.69, 9.17) is 24.1 Å². The van der Waals surface area contributed by atoms with Gasteiger partial charge in [-0.15, -0.1) is 0 Å². The summed E-state index contributed by atoms with van der Waals surface area (Å²) in [6.45, 7) is 5.04. The summed E-state index contributed by atoms with van der Waals surface area (Å²) in [5, 5.41) is 12.7. The van der Waals surface area contributed by atoms with Crippen LogP contribution in [0.4, 0.5) is 18.9 Å². The third-order valence-corrected chi connectivity index (χ3v) is 12.5. The highest BCUT2D eigenvalue weighted by atomic mass is 32.2. The van der Waals surface area contributed by atoms with Gasteiger partial charge in [0, 0.05) is 31.8 Å². The first-order valence-electron chi connectivity index (χ1n) is 20.9. The van der Waals surface area contributed by atoms with Crippen LogP contribution in [-0.4, -0.2) is 98.6 Å². The Balaban J connectivity index is 1.43. The first-order chi connectivity index (χ1) is 29.1. The number of hydrogen-bond acceptors (Lipinski definition) is 12. The summed E-state index contributed by atoms with van der Waals surface area (Å²) >= 11 is 0. The largest absolute Gasteiger partial charge is 0.494 e. The summed E-state index contributed by atoms with van der Waals surface area (Å²) in [5.41, 5.74) is -0.224. The summed E-state index contributed by atoms with van der Waals surface area (Å²) in [6.07, 6.45) is 7.92. The maximum atomic E-state index is 15.6. The second-order valence-electron chi connectivity index (χ2n) is 14.8. The zero-order valence-corrected chi connectivity index (χ0v) is 36.7. The molecule has 0 radical (unpaired) electrons. The van der Waals surface area contributed by atoms with Crippen LogP contribution in [0.1, 0.15) is 103 Å². The number of primary sulfonamides is 1. The van der Waals surface area contributed by atoms with E-state index in [-0.39, 0.29) is 52.4 Å². The van der Waals surface area contributed by atoms with Crippen LogP contribution in [0.25, 0.3) is 0 Å². The van der Waals surface area contributed by atoms with E-state index < -0.39 is 94.8 Å². The second kappa shape index (κ2) is 26.5. The number of rotatable bonds is 27. The van der Waals surface area contributed by atoms with Gasteiger partial charge in [0.25, 0.3) is 0 Å². The number of sulfonamides is 1. The molecule has 0 unspecified atom stereocenters. The number of unbranched alkanes of at least 4 members (excludes halogenated alkanes) is 2. The van der Waals surface area contributed by atoms with E-state index in [0.717, 1.165) is 44.1 Å². The van der Waals surface area contributed by atoms with E-state index >= 15 is 8.78 Å². The standard InChI is InChI=1S/C41H61F3N4O11S2/c1-3-5-21-58-31-16-14-29(15-17-31)28-32(41(51)59-22-6-4-2)48-34(50)18-23-56-25-26-57-24-20-46-33(49)19-27-60(52,53)40-36(43)35(42)39(61(45,54)55)37(44)38(40)47-30-12-10-8-7-9-11-13-30/h14-17,30,32,47H,3-13,18-28H2,1-2H3,(H,46,49)(H,48,50)(H2,45,54,55)/t32-/m0/s1. The monoisotopic (exact) mass is 906 g/mol. The highest BCUT2D eigenvalue weighted by molar-refractivity contribution is 7.91. The Morgan fingerprint density at radius 2 is 1.36 bits per heavy atom. The van der Waals surface area contributed by atoms with Crippen LogP contribution in [0.15, 0.2) is 34.1 Å². The molecule has 15 nitrogen and oxygen atoms in total. The highest BCUT2D eigenvalue weighted by Gasteiger charge is 2.37. The van der Waals surface area contributed by atoms with Crippen molar-refractivity contribution in [3.05, 3.63) is 47.3 Å². The van der Waals surface area contributed by atoms with Crippen LogP contribution in [-0.2, 0) is 54.9 Å². The van der Waals surface area contributed by atoms with Gasteiger partial charge in [0.15, 0.2) is 32.2 Å². The normalized spacial score (nSPS) is 14.4. The summed E-state index contributed by atoms with van der Waals surface area (Å²) in [5.74, 6) is -8.31. The molecule has 1 saturated carbocycles. The van der Waals surface area contributed by atoms with E-state index in [0.29, 0.717) is 44.5 Å². The number of anilines is 1. The van der Waals surface area contributed by atoms with Crippen LogP contribution in [0.3, 0.4) is 0 Å². The van der Waals surface area contributed by atoms with Gasteiger partial charge >= 0.3 is 5.97 Å². The smallest absolute Gasteiger partial charge is 0.328 e. The molecule has 0 bridgehead atoms. The minimum atomic E-state index is -5.14. The van der Waals surface area contributed by atoms with Gasteiger partial charge in [0.2, 0.25) is 21.8 Å². The quantitative estimate of drug-likeness (QED) is 0.0515. The Hall–Kier alpha value is -3.98. The number of halogens is 3. The molecule has 2 aromatic carbocycles. The van der Waals surface area contributed by atoms with Gasteiger partial charge in [-0.3, -0.25) is 9.59 Å². The molecule has 0 spiro atoms. The number of hydrogen-bond donors (Lipinski definition) is 4. The van der Waals surface area contributed by atoms with Crippen molar-refractivity contribution in [1.82, 2.24) is 10.6 Å². The van der Waals surface area contributed by atoms with Crippen molar-refractivity contribution in [3.8, 4) is 5.75 Å². The average Bonchev–Trinajstić information content (AvgIpc) is 3.19. The van der Waals surface area contributed by atoms with E-state index in [1.807, 2.05) is 31.2 Å². The summed E-state index contributed by atoms with van der Waals surface area (Å²) in [4.78, 5) is 34.8. The molecule has 1 fully saturated rings. The maximum absolute atomic E-state index is 15.6. The van der Waals surface area contributed by atoms with Crippen LogP contribution < -0.4 is 25.8 Å². The fourth-order valence-corrected chi connectivity index (χ4v) is 8.60. The summed E-state index contributed by atoms with van der Waals surface area (Å²) < 4.78 is 119. The first-order valence-corrected chi connectivity index (χ1v) is 24.1. The number of amides is 2.